The van der Waals surface area contributed by atoms with Crippen molar-refractivity contribution in [3.63, 3.8) is 0 Å². The molecule has 0 spiro atoms. The number of thioether (sulfide) groups is 1. The minimum absolute atomic E-state index is 0.113. The maximum absolute atomic E-state index is 10.9. The summed E-state index contributed by atoms with van der Waals surface area (Å²) in [4.78, 5) is 17.5. The number of nitrogens with two attached hydrogens (primary N) is 1. The highest BCUT2D eigenvalue weighted by Crippen LogP contribution is 2.13. The SMILES string of the molecule is CC(CN)CSc1nccc(=O)[nH]1. The molecule has 0 aliphatic rings. The van der Waals surface area contributed by atoms with Crippen molar-refractivity contribution in [3.8, 4) is 0 Å². The van der Waals surface area contributed by atoms with Crippen LogP contribution in [0.1, 0.15) is 6.92 Å². The average Bonchev–Trinajstić information content (AvgIpc) is 2.14. The Balaban J connectivity index is 2.50. The molecule has 1 heterocycles. The van der Waals surface area contributed by atoms with Gasteiger partial charge in [-0.2, -0.15) is 0 Å². The van der Waals surface area contributed by atoms with Crippen LogP contribution in [0.25, 0.3) is 0 Å². The van der Waals surface area contributed by atoms with Gasteiger partial charge in [0.25, 0.3) is 5.56 Å². The second-order valence-electron chi connectivity index (χ2n) is 2.89. The van der Waals surface area contributed by atoms with E-state index in [1.807, 2.05) is 0 Å². The Hall–Kier alpha value is -0.810. The quantitative estimate of drug-likeness (QED) is 0.546. The molecule has 0 fully saturated rings. The monoisotopic (exact) mass is 199 g/mol. The molecule has 1 rings (SSSR count). The van der Waals surface area contributed by atoms with Gasteiger partial charge >= 0.3 is 0 Å². The number of hydrogen-bond donors (Lipinski definition) is 2. The molecule has 0 amide bonds. The van der Waals surface area contributed by atoms with Gasteiger partial charge in [0.2, 0.25) is 0 Å². The zero-order chi connectivity index (χ0) is 9.68. The first-order valence-electron chi connectivity index (χ1n) is 4.10. The zero-order valence-corrected chi connectivity index (χ0v) is 8.30. The summed E-state index contributed by atoms with van der Waals surface area (Å²) in [7, 11) is 0. The molecule has 0 radical (unpaired) electrons. The summed E-state index contributed by atoms with van der Waals surface area (Å²) in [6.07, 6.45) is 1.51. The van der Waals surface area contributed by atoms with Crippen molar-refractivity contribution in [1.82, 2.24) is 9.97 Å². The van der Waals surface area contributed by atoms with Crippen molar-refractivity contribution in [2.75, 3.05) is 12.3 Å². The van der Waals surface area contributed by atoms with E-state index >= 15 is 0 Å². The van der Waals surface area contributed by atoms with Gasteiger partial charge in [-0.05, 0) is 12.5 Å². The molecule has 0 aliphatic carbocycles. The van der Waals surface area contributed by atoms with E-state index in [2.05, 4.69) is 16.9 Å². The predicted octanol–water partition coefficient (Wildman–Crippen LogP) is 0.457. The molecular formula is C8H13N3OS. The van der Waals surface area contributed by atoms with Crippen LogP contribution in [0.2, 0.25) is 0 Å². The fraction of sp³-hybridized carbons (Fsp3) is 0.500. The van der Waals surface area contributed by atoms with E-state index in [4.69, 9.17) is 5.73 Å². The van der Waals surface area contributed by atoms with Crippen LogP contribution < -0.4 is 11.3 Å². The van der Waals surface area contributed by atoms with Gasteiger partial charge in [0.15, 0.2) is 5.16 Å². The summed E-state index contributed by atoms with van der Waals surface area (Å²) in [6.45, 7) is 2.72. The fourth-order valence-corrected chi connectivity index (χ4v) is 1.60. The van der Waals surface area contributed by atoms with Crippen molar-refractivity contribution >= 4 is 11.8 Å². The lowest BCUT2D eigenvalue weighted by Gasteiger charge is -2.05. The molecule has 1 aromatic heterocycles. The molecule has 4 nitrogen and oxygen atoms in total. The molecule has 1 atom stereocenters. The van der Waals surface area contributed by atoms with Crippen LogP contribution in [0, 0.1) is 5.92 Å². The van der Waals surface area contributed by atoms with E-state index in [1.54, 1.807) is 0 Å². The van der Waals surface area contributed by atoms with Crippen LogP contribution in [0.3, 0.4) is 0 Å². The van der Waals surface area contributed by atoms with Crippen molar-refractivity contribution in [1.29, 1.82) is 0 Å². The molecule has 72 valence electrons. The Morgan fingerprint density at radius 2 is 2.54 bits per heavy atom. The molecule has 0 aliphatic heterocycles. The molecule has 0 saturated heterocycles. The normalized spacial score (nSPS) is 12.8. The Morgan fingerprint density at radius 3 is 3.15 bits per heavy atom. The van der Waals surface area contributed by atoms with Crippen LogP contribution in [0.5, 0.6) is 0 Å². The molecule has 0 bridgehead atoms. The number of H-pyrrole nitrogens is 1. The van der Waals surface area contributed by atoms with Gasteiger partial charge in [0.1, 0.15) is 0 Å². The van der Waals surface area contributed by atoms with Crippen molar-refractivity contribution in [2.24, 2.45) is 11.7 Å². The van der Waals surface area contributed by atoms with Crippen molar-refractivity contribution < 1.29 is 0 Å². The van der Waals surface area contributed by atoms with Crippen LogP contribution in [-0.2, 0) is 0 Å². The molecule has 5 heteroatoms. The molecule has 3 N–H and O–H groups in total. The topological polar surface area (TPSA) is 71.8 Å². The summed E-state index contributed by atoms with van der Waals surface area (Å²) >= 11 is 1.52. The molecule has 0 saturated carbocycles. The van der Waals surface area contributed by atoms with Gasteiger partial charge in [-0.1, -0.05) is 18.7 Å². The van der Waals surface area contributed by atoms with E-state index in [-0.39, 0.29) is 5.56 Å². The Bertz CT molecular complexity index is 312. The molecule has 13 heavy (non-hydrogen) atoms. The lowest BCUT2D eigenvalue weighted by Crippen LogP contribution is -2.13. The van der Waals surface area contributed by atoms with Gasteiger partial charge in [-0.15, -0.1) is 0 Å². The highest BCUT2D eigenvalue weighted by atomic mass is 32.2. The van der Waals surface area contributed by atoms with E-state index in [0.29, 0.717) is 17.6 Å². The highest BCUT2D eigenvalue weighted by molar-refractivity contribution is 7.99. The first kappa shape index (κ1) is 10.3. The number of rotatable bonds is 4. The van der Waals surface area contributed by atoms with E-state index < -0.39 is 0 Å². The first-order valence-corrected chi connectivity index (χ1v) is 5.09. The zero-order valence-electron chi connectivity index (χ0n) is 7.49. The van der Waals surface area contributed by atoms with Gasteiger partial charge < -0.3 is 10.7 Å². The number of hydrogen-bond acceptors (Lipinski definition) is 4. The molecule has 1 unspecified atom stereocenters. The largest absolute Gasteiger partial charge is 0.330 e. The fourth-order valence-electron chi connectivity index (χ4n) is 0.715. The third kappa shape index (κ3) is 3.61. The minimum atomic E-state index is -0.113. The second-order valence-corrected chi connectivity index (χ2v) is 3.90. The third-order valence-electron chi connectivity index (χ3n) is 1.55. The van der Waals surface area contributed by atoms with E-state index in [9.17, 15) is 4.79 Å². The molecule has 1 aromatic rings. The van der Waals surface area contributed by atoms with Crippen molar-refractivity contribution in [2.45, 2.75) is 12.1 Å². The first-order chi connectivity index (χ1) is 6.22. The highest BCUT2D eigenvalue weighted by Gasteiger charge is 2.01. The van der Waals surface area contributed by atoms with Gasteiger partial charge in [-0.3, -0.25) is 4.79 Å². The summed E-state index contributed by atoms with van der Waals surface area (Å²) in [5, 5.41) is 0.660. The minimum Gasteiger partial charge on any atom is -0.330 e. The summed E-state index contributed by atoms with van der Waals surface area (Å²) < 4.78 is 0. The lowest BCUT2D eigenvalue weighted by molar-refractivity contribution is 0.674. The third-order valence-corrected chi connectivity index (χ3v) is 2.77. The summed E-state index contributed by atoms with van der Waals surface area (Å²) in [5.41, 5.74) is 5.35. The predicted molar refractivity (Wildman–Crippen MR) is 53.8 cm³/mol. The Morgan fingerprint density at radius 1 is 1.77 bits per heavy atom. The average molecular weight is 199 g/mol. The Labute approximate surface area is 81.0 Å². The lowest BCUT2D eigenvalue weighted by atomic mass is 10.2. The second kappa shape index (κ2) is 5.04. The smallest absolute Gasteiger partial charge is 0.251 e. The van der Waals surface area contributed by atoms with Crippen molar-refractivity contribution in [3.05, 3.63) is 22.6 Å². The van der Waals surface area contributed by atoms with Crippen LogP contribution >= 0.6 is 11.8 Å². The van der Waals surface area contributed by atoms with E-state index in [1.165, 1.54) is 24.0 Å². The molecule has 0 aromatic carbocycles. The Kier molecular flexibility index (Phi) is 3.98. The van der Waals surface area contributed by atoms with Gasteiger partial charge in [0.05, 0.1) is 0 Å². The number of aromatic nitrogens is 2. The number of nitrogens with zero attached hydrogens (tertiary/aromatic N) is 1. The standard InChI is InChI=1S/C8H13N3OS/c1-6(4-9)5-13-8-10-3-2-7(12)11-8/h2-3,6H,4-5,9H2,1H3,(H,10,11,12). The van der Waals surface area contributed by atoms with Crippen LogP contribution in [0.15, 0.2) is 22.2 Å². The summed E-state index contributed by atoms with van der Waals surface area (Å²) in [5.74, 6) is 1.32. The summed E-state index contributed by atoms with van der Waals surface area (Å²) in [6, 6.07) is 1.40. The molecular weight excluding hydrogens is 186 g/mol. The van der Waals surface area contributed by atoms with E-state index in [0.717, 1.165) is 5.75 Å². The van der Waals surface area contributed by atoms with Crippen LogP contribution in [0.4, 0.5) is 0 Å². The maximum Gasteiger partial charge on any atom is 0.251 e. The maximum atomic E-state index is 10.9. The number of nitrogens with one attached hydrogen (secondary N) is 1. The van der Waals surface area contributed by atoms with Gasteiger partial charge in [0, 0.05) is 18.0 Å². The number of aromatic amines is 1. The van der Waals surface area contributed by atoms with Gasteiger partial charge in [-0.25, -0.2) is 4.98 Å². The van der Waals surface area contributed by atoms with Crippen LogP contribution in [-0.4, -0.2) is 22.3 Å².